The molecule has 5 rings (SSSR count). The largest absolute Gasteiger partial charge is 0.378 e. The van der Waals surface area contributed by atoms with Crippen LogP contribution in [-0.4, -0.2) is 37.1 Å². The van der Waals surface area contributed by atoms with E-state index in [1.807, 2.05) is 6.20 Å². The van der Waals surface area contributed by atoms with Crippen molar-refractivity contribution in [3.8, 4) is 22.4 Å². The second-order valence-corrected chi connectivity index (χ2v) is 10.4. The van der Waals surface area contributed by atoms with Gasteiger partial charge in [-0.15, -0.1) is 11.3 Å². The minimum atomic E-state index is -0.0193. The fraction of sp³-hybridized carbons (Fsp3) is 0.385. The molecule has 0 bridgehead atoms. The molecule has 0 unspecified atom stereocenters. The van der Waals surface area contributed by atoms with Gasteiger partial charge in [-0.3, -0.25) is 9.78 Å². The zero-order valence-electron chi connectivity index (χ0n) is 18.4. The topological polar surface area (TPSA) is 42.4 Å². The van der Waals surface area contributed by atoms with Crippen LogP contribution in [0.3, 0.4) is 0 Å². The minimum Gasteiger partial charge on any atom is -0.378 e. The molecular formula is C26H28N2O2S. The zero-order chi connectivity index (χ0) is 21.6. The van der Waals surface area contributed by atoms with Crippen LogP contribution in [0.4, 0.5) is 5.00 Å². The van der Waals surface area contributed by atoms with Gasteiger partial charge in [0.2, 0.25) is 0 Å². The number of morpholine rings is 1. The van der Waals surface area contributed by atoms with E-state index in [0.717, 1.165) is 54.4 Å². The van der Waals surface area contributed by atoms with Crippen LogP contribution in [0.25, 0.3) is 22.4 Å². The van der Waals surface area contributed by atoms with Crippen LogP contribution in [0.5, 0.6) is 0 Å². The van der Waals surface area contributed by atoms with E-state index in [9.17, 15) is 4.79 Å². The lowest BCUT2D eigenvalue weighted by Crippen LogP contribution is -2.36. The molecule has 0 spiro atoms. The van der Waals surface area contributed by atoms with Crippen molar-refractivity contribution in [1.82, 2.24) is 4.98 Å². The number of carbonyl (C=O) groups excluding carboxylic acids is 1. The number of anilines is 1. The van der Waals surface area contributed by atoms with E-state index in [-0.39, 0.29) is 11.2 Å². The van der Waals surface area contributed by atoms with Crippen molar-refractivity contribution in [1.29, 1.82) is 0 Å². The molecule has 0 amide bonds. The molecule has 1 fully saturated rings. The first-order chi connectivity index (χ1) is 14.9. The van der Waals surface area contributed by atoms with Gasteiger partial charge in [-0.2, -0.15) is 0 Å². The Morgan fingerprint density at radius 3 is 2.65 bits per heavy atom. The summed E-state index contributed by atoms with van der Waals surface area (Å²) in [4.78, 5) is 21.1. The summed E-state index contributed by atoms with van der Waals surface area (Å²) in [5.74, 6) is 0.282. The van der Waals surface area contributed by atoms with E-state index >= 15 is 0 Å². The monoisotopic (exact) mass is 432 g/mol. The highest BCUT2D eigenvalue weighted by Crippen LogP contribution is 2.49. The number of nitrogens with zero attached hydrogens (tertiary/aromatic N) is 2. The number of hydrogen-bond acceptors (Lipinski definition) is 5. The second-order valence-electron chi connectivity index (χ2n) is 9.43. The van der Waals surface area contributed by atoms with E-state index < -0.39 is 0 Å². The van der Waals surface area contributed by atoms with E-state index in [1.54, 1.807) is 11.3 Å². The number of rotatable bonds is 3. The number of hydrogen-bond donors (Lipinski definition) is 0. The Hall–Kier alpha value is -2.50. The molecule has 31 heavy (non-hydrogen) atoms. The van der Waals surface area contributed by atoms with Gasteiger partial charge in [-0.25, -0.2) is 0 Å². The normalized spacial score (nSPS) is 18.2. The summed E-state index contributed by atoms with van der Waals surface area (Å²) >= 11 is 1.68. The van der Waals surface area contributed by atoms with Crippen LogP contribution in [-0.2, 0) is 11.2 Å². The first kappa shape index (κ1) is 20.4. The van der Waals surface area contributed by atoms with Crippen LogP contribution in [0.15, 0.2) is 42.6 Å². The van der Waals surface area contributed by atoms with Crippen molar-refractivity contribution in [3.63, 3.8) is 0 Å². The Labute approximate surface area is 187 Å². The van der Waals surface area contributed by atoms with Crippen molar-refractivity contribution in [3.05, 3.63) is 58.6 Å². The van der Waals surface area contributed by atoms with E-state index in [2.05, 4.69) is 67.1 Å². The van der Waals surface area contributed by atoms with Crippen molar-refractivity contribution in [2.75, 3.05) is 31.2 Å². The molecule has 1 aromatic carbocycles. The predicted octanol–water partition coefficient (Wildman–Crippen LogP) is 5.78. The fourth-order valence-corrected chi connectivity index (χ4v) is 6.07. The molecule has 1 aliphatic carbocycles. The van der Waals surface area contributed by atoms with Crippen molar-refractivity contribution in [2.24, 2.45) is 5.41 Å². The quantitative estimate of drug-likeness (QED) is 0.526. The maximum atomic E-state index is 13.1. The molecular weight excluding hydrogens is 404 g/mol. The number of Topliss-reactive ketones (excluding diaryl/α,β-unsaturated/α-hetero) is 1. The maximum Gasteiger partial charge on any atom is 0.173 e. The van der Waals surface area contributed by atoms with Gasteiger partial charge >= 0.3 is 0 Å². The number of fused-ring (bicyclic) bond motifs is 1. The summed E-state index contributed by atoms with van der Waals surface area (Å²) in [6.45, 7) is 9.69. The van der Waals surface area contributed by atoms with Crippen LogP contribution in [0.2, 0.25) is 0 Å². The first-order valence-electron chi connectivity index (χ1n) is 11.0. The van der Waals surface area contributed by atoms with Crippen molar-refractivity contribution >= 4 is 22.1 Å². The Morgan fingerprint density at radius 1 is 1.06 bits per heavy atom. The predicted molar refractivity (Wildman–Crippen MR) is 127 cm³/mol. The number of aromatic nitrogens is 1. The van der Waals surface area contributed by atoms with Gasteiger partial charge in [0.05, 0.1) is 28.8 Å². The lowest BCUT2D eigenvalue weighted by molar-refractivity contribution is 0.0918. The summed E-state index contributed by atoms with van der Waals surface area (Å²) in [7, 11) is 0. The van der Waals surface area contributed by atoms with E-state index in [4.69, 9.17) is 4.74 Å². The molecule has 1 aliphatic heterocycles. The summed E-state index contributed by atoms with van der Waals surface area (Å²) in [6.07, 6.45) is 3.44. The molecule has 0 radical (unpaired) electrons. The fourth-order valence-electron chi connectivity index (χ4n) is 4.74. The average Bonchev–Trinajstić information content (AvgIpc) is 3.13. The molecule has 3 aromatic rings. The molecule has 5 heteroatoms. The lowest BCUT2D eigenvalue weighted by Gasteiger charge is -2.30. The van der Waals surface area contributed by atoms with Gasteiger partial charge in [-0.1, -0.05) is 37.6 Å². The summed E-state index contributed by atoms with van der Waals surface area (Å²) in [6, 6.07) is 12.7. The Bertz CT molecular complexity index is 1140. The van der Waals surface area contributed by atoms with Crippen LogP contribution < -0.4 is 4.90 Å². The van der Waals surface area contributed by atoms with Crippen molar-refractivity contribution < 1.29 is 9.53 Å². The standard InChI is InChI=1S/C26H28N2O2S/c1-17-5-4-6-18(13-17)21-14-19(7-8-27-21)23-20-15-26(2,3)16-22(29)24(20)31-25(23)28-9-11-30-12-10-28/h4-8,13-14H,9-12,15-16H2,1-3H3. The highest BCUT2D eigenvalue weighted by Gasteiger charge is 2.37. The minimum absolute atomic E-state index is 0.0193. The van der Waals surface area contributed by atoms with Gasteiger partial charge in [0.15, 0.2) is 5.78 Å². The number of benzene rings is 1. The Balaban J connectivity index is 1.68. The second kappa shape index (κ2) is 7.88. The van der Waals surface area contributed by atoms with Crippen LogP contribution >= 0.6 is 11.3 Å². The average molecular weight is 433 g/mol. The molecule has 2 aromatic heterocycles. The number of thiophene rings is 1. The summed E-state index contributed by atoms with van der Waals surface area (Å²) in [5.41, 5.74) is 6.88. The van der Waals surface area contributed by atoms with Gasteiger partial charge in [0.25, 0.3) is 0 Å². The first-order valence-corrected chi connectivity index (χ1v) is 11.8. The number of aryl methyl sites for hydroxylation is 1. The van der Waals surface area contributed by atoms with E-state index in [0.29, 0.717) is 6.42 Å². The van der Waals surface area contributed by atoms with Crippen LogP contribution in [0.1, 0.15) is 41.1 Å². The maximum absolute atomic E-state index is 13.1. The van der Waals surface area contributed by atoms with Gasteiger partial charge in [-0.05, 0) is 48.1 Å². The molecule has 2 aliphatic rings. The molecule has 0 N–H and O–H groups in total. The lowest BCUT2D eigenvalue weighted by atomic mass is 9.75. The van der Waals surface area contributed by atoms with Crippen LogP contribution in [0, 0.1) is 12.3 Å². The molecule has 0 saturated carbocycles. The highest BCUT2D eigenvalue weighted by atomic mass is 32.1. The molecule has 4 nitrogen and oxygen atoms in total. The Kier molecular flexibility index (Phi) is 5.19. The number of ether oxygens (including phenoxy) is 1. The smallest absolute Gasteiger partial charge is 0.173 e. The van der Waals surface area contributed by atoms with Gasteiger partial charge in [0, 0.05) is 36.8 Å². The number of pyridine rings is 1. The molecule has 160 valence electrons. The summed E-state index contributed by atoms with van der Waals surface area (Å²) in [5, 5.41) is 1.21. The highest BCUT2D eigenvalue weighted by molar-refractivity contribution is 7.19. The van der Waals surface area contributed by atoms with E-state index in [1.165, 1.54) is 21.7 Å². The number of carbonyl (C=O) groups is 1. The molecule has 3 heterocycles. The third-order valence-corrected chi connectivity index (χ3v) is 7.53. The summed E-state index contributed by atoms with van der Waals surface area (Å²) < 4.78 is 5.60. The number of ketones is 1. The van der Waals surface area contributed by atoms with Crippen molar-refractivity contribution in [2.45, 2.75) is 33.6 Å². The molecule has 1 saturated heterocycles. The zero-order valence-corrected chi connectivity index (χ0v) is 19.2. The third-order valence-electron chi connectivity index (χ3n) is 6.20. The van der Waals surface area contributed by atoms with Gasteiger partial charge in [0.1, 0.15) is 0 Å². The molecule has 0 atom stereocenters. The SMILES string of the molecule is Cc1cccc(-c2cc(-c3c(N4CCOCC4)sc4c3CC(C)(C)CC4=O)ccn2)c1. The third kappa shape index (κ3) is 3.92. The Morgan fingerprint density at radius 2 is 1.87 bits per heavy atom. The van der Waals surface area contributed by atoms with Gasteiger partial charge < -0.3 is 9.64 Å².